The summed E-state index contributed by atoms with van der Waals surface area (Å²) in [5.74, 6) is -1.27. The standard InChI is InChI=1S/C13H19N3O4/c1-8-5-10(11(20-4)14-6-8)15-13(19)16(3)7-9(2)12(17)18/h5-6,9H,7H2,1-4H3,(H,15,19)(H,17,18). The number of nitrogens with one attached hydrogen (secondary N) is 1. The topological polar surface area (TPSA) is 91.8 Å². The van der Waals surface area contributed by atoms with Crippen molar-refractivity contribution in [1.82, 2.24) is 9.88 Å². The highest BCUT2D eigenvalue weighted by Gasteiger charge is 2.18. The molecule has 0 spiro atoms. The molecule has 0 saturated carbocycles. The normalized spacial score (nSPS) is 11.6. The Kier molecular flexibility index (Phi) is 5.31. The minimum Gasteiger partial charge on any atom is -0.481 e. The second kappa shape index (κ2) is 6.74. The van der Waals surface area contributed by atoms with E-state index >= 15 is 0 Å². The van der Waals surface area contributed by atoms with Gasteiger partial charge in [-0.3, -0.25) is 4.79 Å². The van der Waals surface area contributed by atoms with Crippen LogP contribution in [0.15, 0.2) is 12.3 Å². The number of hydrogen-bond donors (Lipinski definition) is 2. The van der Waals surface area contributed by atoms with Crippen LogP contribution in [0, 0.1) is 12.8 Å². The monoisotopic (exact) mass is 281 g/mol. The molecule has 0 aliphatic carbocycles. The number of rotatable bonds is 5. The van der Waals surface area contributed by atoms with Crippen molar-refractivity contribution >= 4 is 17.7 Å². The lowest BCUT2D eigenvalue weighted by molar-refractivity contribution is -0.141. The number of aromatic nitrogens is 1. The molecule has 1 aromatic heterocycles. The molecule has 1 heterocycles. The largest absolute Gasteiger partial charge is 0.481 e. The first-order valence-corrected chi connectivity index (χ1v) is 6.10. The van der Waals surface area contributed by atoms with Gasteiger partial charge in [-0.1, -0.05) is 6.92 Å². The molecule has 0 radical (unpaired) electrons. The number of nitrogens with zero attached hydrogens (tertiary/aromatic N) is 2. The van der Waals surface area contributed by atoms with E-state index in [4.69, 9.17) is 9.84 Å². The van der Waals surface area contributed by atoms with Crippen LogP contribution in [-0.4, -0.2) is 47.7 Å². The van der Waals surface area contributed by atoms with Gasteiger partial charge in [0.2, 0.25) is 5.88 Å². The molecule has 0 fully saturated rings. The average molecular weight is 281 g/mol. The Labute approximate surface area is 117 Å². The number of carbonyl (C=O) groups is 2. The van der Waals surface area contributed by atoms with Crippen LogP contribution in [-0.2, 0) is 4.79 Å². The Morgan fingerprint density at radius 1 is 1.55 bits per heavy atom. The molecule has 1 atom stereocenters. The fraction of sp³-hybridized carbons (Fsp3) is 0.462. The number of carboxylic acid groups (broad SMARTS) is 1. The highest BCUT2D eigenvalue weighted by atomic mass is 16.5. The Morgan fingerprint density at radius 2 is 2.20 bits per heavy atom. The highest BCUT2D eigenvalue weighted by Crippen LogP contribution is 2.22. The summed E-state index contributed by atoms with van der Waals surface area (Å²) in [6.07, 6.45) is 1.63. The predicted molar refractivity (Wildman–Crippen MR) is 74.0 cm³/mol. The van der Waals surface area contributed by atoms with E-state index in [0.29, 0.717) is 11.6 Å². The average Bonchev–Trinajstić information content (AvgIpc) is 2.38. The van der Waals surface area contributed by atoms with Gasteiger partial charge in [0.25, 0.3) is 0 Å². The quantitative estimate of drug-likeness (QED) is 0.855. The molecular weight excluding hydrogens is 262 g/mol. The van der Waals surface area contributed by atoms with Crippen molar-refractivity contribution < 1.29 is 19.4 Å². The summed E-state index contributed by atoms with van der Waals surface area (Å²) in [5.41, 5.74) is 1.33. The second-order valence-corrected chi connectivity index (χ2v) is 4.62. The molecule has 20 heavy (non-hydrogen) atoms. The van der Waals surface area contributed by atoms with Gasteiger partial charge < -0.3 is 20.1 Å². The summed E-state index contributed by atoms with van der Waals surface area (Å²) in [7, 11) is 2.99. The zero-order valence-corrected chi connectivity index (χ0v) is 12.0. The summed E-state index contributed by atoms with van der Waals surface area (Å²) in [6, 6.07) is 1.32. The number of urea groups is 1. The molecule has 7 heteroatoms. The van der Waals surface area contributed by atoms with Crippen molar-refractivity contribution in [3.05, 3.63) is 17.8 Å². The van der Waals surface area contributed by atoms with Gasteiger partial charge in [-0.2, -0.15) is 0 Å². The molecule has 0 aliphatic heterocycles. The minimum absolute atomic E-state index is 0.114. The van der Waals surface area contributed by atoms with Crippen molar-refractivity contribution in [1.29, 1.82) is 0 Å². The van der Waals surface area contributed by atoms with Crippen LogP contribution in [0.1, 0.15) is 12.5 Å². The van der Waals surface area contributed by atoms with Gasteiger partial charge in [-0.25, -0.2) is 9.78 Å². The van der Waals surface area contributed by atoms with Crippen molar-refractivity contribution in [2.24, 2.45) is 5.92 Å². The smallest absolute Gasteiger partial charge is 0.321 e. The summed E-state index contributed by atoms with van der Waals surface area (Å²) >= 11 is 0. The summed E-state index contributed by atoms with van der Waals surface area (Å²) < 4.78 is 5.06. The summed E-state index contributed by atoms with van der Waals surface area (Å²) in [4.78, 5) is 28.1. The molecule has 0 bridgehead atoms. The van der Waals surface area contributed by atoms with Crippen LogP contribution in [0.4, 0.5) is 10.5 Å². The lowest BCUT2D eigenvalue weighted by Crippen LogP contribution is -2.36. The number of aryl methyl sites for hydroxylation is 1. The van der Waals surface area contributed by atoms with Gasteiger partial charge in [0.1, 0.15) is 5.69 Å². The van der Waals surface area contributed by atoms with E-state index in [1.54, 1.807) is 19.2 Å². The predicted octanol–water partition coefficient (Wildman–Crippen LogP) is 1.58. The van der Waals surface area contributed by atoms with Crippen LogP contribution in [0.3, 0.4) is 0 Å². The van der Waals surface area contributed by atoms with Crippen molar-refractivity contribution in [2.75, 3.05) is 26.0 Å². The number of pyridine rings is 1. The maximum Gasteiger partial charge on any atom is 0.321 e. The molecule has 0 aliphatic rings. The zero-order valence-electron chi connectivity index (χ0n) is 12.0. The SMILES string of the molecule is COc1ncc(C)cc1NC(=O)N(C)CC(C)C(=O)O. The molecule has 0 saturated heterocycles. The van der Waals surface area contributed by atoms with E-state index in [2.05, 4.69) is 10.3 Å². The van der Waals surface area contributed by atoms with E-state index in [9.17, 15) is 9.59 Å². The number of ether oxygens (including phenoxy) is 1. The van der Waals surface area contributed by atoms with E-state index in [0.717, 1.165) is 5.56 Å². The number of aliphatic carboxylic acids is 1. The van der Waals surface area contributed by atoms with Gasteiger partial charge >= 0.3 is 12.0 Å². The van der Waals surface area contributed by atoms with Gasteiger partial charge in [0.15, 0.2) is 0 Å². The molecule has 1 unspecified atom stereocenters. The van der Waals surface area contributed by atoms with E-state index in [-0.39, 0.29) is 6.54 Å². The third-order valence-electron chi connectivity index (χ3n) is 2.74. The number of carbonyl (C=O) groups excluding carboxylic acids is 1. The van der Waals surface area contributed by atoms with Crippen molar-refractivity contribution in [2.45, 2.75) is 13.8 Å². The lowest BCUT2D eigenvalue weighted by Gasteiger charge is -2.20. The summed E-state index contributed by atoms with van der Waals surface area (Å²) in [5, 5.41) is 11.5. The molecule has 1 rings (SSSR count). The zero-order chi connectivity index (χ0) is 15.3. The number of carboxylic acids is 1. The second-order valence-electron chi connectivity index (χ2n) is 4.62. The molecule has 1 aromatic rings. The number of hydrogen-bond acceptors (Lipinski definition) is 4. The first-order valence-electron chi connectivity index (χ1n) is 6.10. The lowest BCUT2D eigenvalue weighted by atomic mass is 10.2. The number of methoxy groups -OCH3 is 1. The first-order chi connectivity index (χ1) is 9.35. The maximum atomic E-state index is 12.0. The van der Waals surface area contributed by atoms with Crippen molar-refractivity contribution in [3.8, 4) is 5.88 Å². The van der Waals surface area contributed by atoms with Crippen LogP contribution in [0.5, 0.6) is 5.88 Å². The van der Waals surface area contributed by atoms with Gasteiger partial charge in [0.05, 0.1) is 13.0 Å². The molecule has 7 nitrogen and oxygen atoms in total. The van der Waals surface area contributed by atoms with Crippen molar-refractivity contribution in [3.63, 3.8) is 0 Å². The minimum atomic E-state index is -0.945. The number of anilines is 1. The van der Waals surface area contributed by atoms with E-state index < -0.39 is 17.9 Å². The third-order valence-corrected chi connectivity index (χ3v) is 2.74. The van der Waals surface area contributed by atoms with Crippen LogP contribution in [0.2, 0.25) is 0 Å². The fourth-order valence-electron chi connectivity index (χ4n) is 1.59. The van der Waals surface area contributed by atoms with Gasteiger partial charge in [0, 0.05) is 19.8 Å². The molecule has 2 amide bonds. The van der Waals surface area contributed by atoms with E-state index in [1.807, 2.05) is 6.92 Å². The number of amides is 2. The van der Waals surface area contributed by atoms with Crippen LogP contribution in [0.25, 0.3) is 0 Å². The third kappa shape index (κ3) is 4.11. The van der Waals surface area contributed by atoms with Crippen LogP contribution >= 0.6 is 0 Å². The van der Waals surface area contributed by atoms with Gasteiger partial charge in [-0.05, 0) is 18.6 Å². The van der Waals surface area contributed by atoms with Crippen LogP contribution < -0.4 is 10.1 Å². The Morgan fingerprint density at radius 3 is 2.75 bits per heavy atom. The summed E-state index contributed by atoms with van der Waals surface area (Å²) in [6.45, 7) is 3.50. The molecule has 110 valence electrons. The molecule has 2 N–H and O–H groups in total. The van der Waals surface area contributed by atoms with Gasteiger partial charge in [-0.15, -0.1) is 0 Å². The highest BCUT2D eigenvalue weighted by molar-refractivity contribution is 5.90. The molecule has 0 aromatic carbocycles. The Hall–Kier alpha value is -2.31. The maximum absolute atomic E-state index is 12.0. The fourth-order valence-corrected chi connectivity index (χ4v) is 1.59. The Bertz CT molecular complexity index is 504. The van der Waals surface area contributed by atoms with E-state index in [1.165, 1.54) is 19.1 Å². The molecular formula is C13H19N3O4. The Balaban J connectivity index is 2.75. The first kappa shape index (κ1) is 15.7.